The zero-order valence-electron chi connectivity index (χ0n) is 11.5. The van der Waals surface area contributed by atoms with Crippen LogP contribution in [-0.2, 0) is 9.53 Å². The summed E-state index contributed by atoms with van der Waals surface area (Å²) in [4.78, 5) is 23.2. The maximum atomic E-state index is 12.1. The lowest BCUT2D eigenvalue weighted by atomic mass is 10.0. The number of carboxylic acid groups (broad SMARTS) is 1. The van der Waals surface area contributed by atoms with Crippen molar-refractivity contribution in [2.45, 2.75) is 44.7 Å². The van der Waals surface area contributed by atoms with Gasteiger partial charge in [0.15, 0.2) is 4.99 Å². The van der Waals surface area contributed by atoms with Crippen LogP contribution in [0.25, 0.3) is 0 Å². The number of hydrogen-bond acceptors (Lipinski definition) is 5. The highest BCUT2D eigenvalue weighted by Gasteiger charge is 2.49. The van der Waals surface area contributed by atoms with Crippen LogP contribution in [0, 0.1) is 5.92 Å². The Hall–Kier alpha value is -1.21. The third-order valence-electron chi connectivity index (χ3n) is 2.64. The topological polar surface area (TPSA) is 92.9 Å². The molecule has 0 saturated carbocycles. The number of carboxylic acids is 1. The third kappa shape index (κ3) is 3.42. The Labute approximate surface area is 117 Å². The number of ether oxygens (including phenoxy) is 1. The summed E-state index contributed by atoms with van der Waals surface area (Å²) in [6.45, 7) is 6.94. The summed E-state index contributed by atoms with van der Waals surface area (Å²) in [5.41, 5.74) is 5.46. The van der Waals surface area contributed by atoms with Gasteiger partial charge in [0.2, 0.25) is 0 Å². The lowest BCUT2D eigenvalue weighted by molar-refractivity contribution is -0.144. The lowest BCUT2D eigenvalue weighted by Gasteiger charge is -2.38. The molecular formula is C12H20N2O4S. The Morgan fingerprint density at radius 2 is 2.11 bits per heavy atom. The van der Waals surface area contributed by atoms with Crippen LogP contribution < -0.4 is 5.73 Å². The fraction of sp³-hybridized carbons (Fsp3) is 0.667. The number of carbonyl (C=O) groups excluding carboxylic acids is 1. The number of amides is 1. The van der Waals surface area contributed by atoms with Crippen LogP contribution in [0.4, 0.5) is 4.79 Å². The van der Waals surface area contributed by atoms with Crippen molar-refractivity contribution in [3.63, 3.8) is 0 Å². The van der Waals surface area contributed by atoms with Gasteiger partial charge in [-0.05, 0) is 32.6 Å². The van der Waals surface area contributed by atoms with Gasteiger partial charge in [0, 0.05) is 6.20 Å². The van der Waals surface area contributed by atoms with E-state index in [0.29, 0.717) is 6.42 Å². The molecule has 0 bridgehead atoms. The summed E-state index contributed by atoms with van der Waals surface area (Å²) in [6, 6.07) is 0. The van der Waals surface area contributed by atoms with Crippen molar-refractivity contribution >= 4 is 23.8 Å². The minimum atomic E-state index is -1.34. The fourth-order valence-corrected chi connectivity index (χ4v) is 2.86. The van der Waals surface area contributed by atoms with Gasteiger partial charge in [-0.25, -0.2) is 4.79 Å². The average molecular weight is 288 g/mol. The summed E-state index contributed by atoms with van der Waals surface area (Å²) in [5.74, 6) is -1.91. The van der Waals surface area contributed by atoms with Gasteiger partial charge >= 0.3 is 12.1 Å². The van der Waals surface area contributed by atoms with Crippen molar-refractivity contribution in [3.05, 3.63) is 11.6 Å². The number of hydrogen-bond donors (Lipinski definition) is 2. The molecule has 2 atom stereocenters. The Bertz CT molecular complexity index is 405. The van der Waals surface area contributed by atoms with E-state index in [0.717, 1.165) is 16.7 Å². The Morgan fingerprint density at radius 3 is 2.53 bits per heavy atom. The van der Waals surface area contributed by atoms with E-state index in [1.165, 1.54) is 6.20 Å². The maximum absolute atomic E-state index is 12.1. The molecule has 0 aromatic heterocycles. The average Bonchev–Trinajstić information content (AvgIpc) is 2.58. The Balaban J connectivity index is 2.97. The van der Waals surface area contributed by atoms with Crippen LogP contribution in [0.3, 0.4) is 0 Å². The van der Waals surface area contributed by atoms with E-state index in [1.54, 1.807) is 33.1 Å². The van der Waals surface area contributed by atoms with E-state index >= 15 is 0 Å². The quantitative estimate of drug-likeness (QED) is 0.826. The standard InChI is InChI=1S/C12H20N2O4S/c1-5-8(9(15)16)12(13)14(6-7-19-12)10(17)18-11(2,3)4/h6-8H,5,13H2,1-4H3,(H,15,16). The summed E-state index contributed by atoms with van der Waals surface area (Å²) in [7, 11) is 0. The van der Waals surface area contributed by atoms with Gasteiger partial charge in [0.25, 0.3) is 0 Å². The fourth-order valence-electron chi connectivity index (χ4n) is 1.78. The van der Waals surface area contributed by atoms with E-state index in [-0.39, 0.29) is 0 Å². The molecule has 0 spiro atoms. The molecule has 1 aliphatic heterocycles. The van der Waals surface area contributed by atoms with E-state index in [4.69, 9.17) is 10.5 Å². The molecule has 3 N–H and O–H groups in total. The van der Waals surface area contributed by atoms with Crippen LogP contribution in [0.15, 0.2) is 11.6 Å². The van der Waals surface area contributed by atoms with Gasteiger partial charge < -0.3 is 9.84 Å². The third-order valence-corrected chi connectivity index (χ3v) is 3.76. The van der Waals surface area contributed by atoms with Crippen molar-refractivity contribution in [3.8, 4) is 0 Å². The highest BCUT2D eigenvalue weighted by molar-refractivity contribution is 8.03. The van der Waals surface area contributed by atoms with Gasteiger partial charge in [-0.1, -0.05) is 18.7 Å². The SMILES string of the molecule is CCC(C(=O)O)C1(N)SC=CN1C(=O)OC(C)(C)C. The second kappa shape index (κ2) is 5.42. The second-order valence-corrected chi connectivity index (χ2v) is 6.47. The number of nitrogens with two attached hydrogens (primary N) is 1. The van der Waals surface area contributed by atoms with Gasteiger partial charge in [0.05, 0.1) is 0 Å². The van der Waals surface area contributed by atoms with Crippen LogP contribution in [0.5, 0.6) is 0 Å². The van der Waals surface area contributed by atoms with Crippen LogP contribution in [-0.4, -0.2) is 32.7 Å². The highest BCUT2D eigenvalue weighted by atomic mass is 32.2. The van der Waals surface area contributed by atoms with E-state index < -0.39 is 28.6 Å². The first-order valence-corrected chi connectivity index (χ1v) is 6.88. The van der Waals surface area contributed by atoms with Gasteiger partial charge in [-0.15, -0.1) is 0 Å². The molecule has 7 heteroatoms. The zero-order chi connectivity index (χ0) is 14.8. The Kier molecular flexibility index (Phi) is 4.52. The molecule has 1 amide bonds. The number of aliphatic carboxylic acids is 1. The summed E-state index contributed by atoms with van der Waals surface area (Å²) < 4.78 is 5.24. The van der Waals surface area contributed by atoms with Crippen LogP contribution in [0.2, 0.25) is 0 Å². The number of nitrogens with zero attached hydrogens (tertiary/aromatic N) is 1. The predicted octanol–water partition coefficient (Wildman–Crippen LogP) is 2.16. The van der Waals surface area contributed by atoms with E-state index in [9.17, 15) is 14.7 Å². The zero-order valence-corrected chi connectivity index (χ0v) is 12.4. The molecular weight excluding hydrogens is 268 g/mol. The number of rotatable bonds is 3. The summed E-state index contributed by atoms with van der Waals surface area (Å²) in [5, 5.41) is 10.8. The van der Waals surface area contributed by atoms with Crippen molar-refractivity contribution in [1.29, 1.82) is 0 Å². The van der Waals surface area contributed by atoms with E-state index in [1.807, 2.05) is 0 Å². The molecule has 0 aliphatic carbocycles. The molecule has 1 rings (SSSR count). The molecule has 0 saturated heterocycles. The number of thioether (sulfide) groups is 1. The Morgan fingerprint density at radius 1 is 1.53 bits per heavy atom. The number of carbonyl (C=O) groups is 2. The minimum absolute atomic E-state index is 0.319. The van der Waals surface area contributed by atoms with Crippen molar-refractivity contribution < 1.29 is 19.4 Å². The molecule has 2 unspecified atom stereocenters. The van der Waals surface area contributed by atoms with Crippen molar-refractivity contribution in [2.24, 2.45) is 11.7 Å². The monoisotopic (exact) mass is 288 g/mol. The molecule has 108 valence electrons. The van der Waals surface area contributed by atoms with Crippen molar-refractivity contribution in [2.75, 3.05) is 0 Å². The van der Waals surface area contributed by atoms with Crippen molar-refractivity contribution in [1.82, 2.24) is 4.90 Å². The smallest absolute Gasteiger partial charge is 0.416 e. The van der Waals surface area contributed by atoms with Gasteiger partial charge in [0.1, 0.15) is 11.5 Å². The summed E-state index contributed by atoms with van der Waals surface area (Å²) in [6.07, 6.45) is 1.14. The van der Waals surface area contributed by atoms with Gasteiger partial charge in [-0.3, -0.25) is 15.4 Å². The van der Waals surface area contributed by atoms with Gasteiger partial charge in [-0.2, -0.15) is 0 Å². The van der Waals surface area contributed by atoms with E-state index in [2.05, 4.69) is 0 Å². The molecule has 0 aromatic carbocycles. The first-order valence-electron chi connectivity index (χ1n) is 6.00. The van der Waals surface area contributed by atoms with Crippen LogP contribution >= 0.6 is 11.8 Å². The largest absolute Gasteiger partial charge is 0.481 e. The maximum Gasteiger partial charge on any atom is 0.416 e. The molecule has 1 aliphatic rings. The predicted molar refractivity (Wildman–Crippen MR) is 73.1 cm³/mol. The normalized spacial score (nSPS) is 24.4. The molecule has 1 heterocycles. The molecule has 6 nitrogen and oxygen atoms in total. The highest BCUT2D eigenvalue weighted by Crippen LogP contribution is 2.40. The minimum Gasteiger partial charge on any atom is -0.481 e. The molecule has 19 heavy (non-hydrogen) atoms. The first kappa shape index (κ1) is 15.8. The molecule has 0 radical (unpaired) electrons. The molecule has 0 aromatic rings. The molecule has 0 fully saturated rings. The second-order valence-electron chi connectivity index (χ2n) is 5.30. The van der Waals surface area contributed by atoms with Crippen LogP contribution in [0.1, 0.15) is 34.1 Å². The lowest BCUT2D eigenvalue weighted by Crippen LogP contribution is -2.59. The first-order chi connectivity index (χ1) is 8.62. The summed E-state index contributed by atoms with van der Waals surface area (Å²) >= 11 is 1.11.